The van der Waals surface area contributed by atoms with E-state index in [1.165, 1.54) is 5.56 Å². The Morgan fingerprint density at radius 3 is 2.50 bits per heavy atom. The minimum atomic E-state index is 0.671. The lowest BCUT2D eigenvalue weighted by Crippen LogP contribution is -2.19. The van der Waals surface area contributed by atoms with E-state index in [4.69, 9.17) is 23.2 Å². The fourth-order valence-electron chi connectivity index (χ4n) is 1.96. The summed E-state index contributed by atoms with van der Waals surface area (Å²) in [6, 6.07) is 15.8. The van der Waals surface area contributed by atoms with Gasteiger partial charge < -0.3 is 5.32 Å². The summed E-state index contributed by atoms with van der Waals surface area (Å²) in [7, 11) is 0. The van der Waals surface area contributed by atoms with Gasteiger partial charge in [-0.3, -0.25) is 0 Å². The highest BCUT2D eigenvalue weighted by atomic mass is 35.5. The maximum absolute atomic E-state index is 6.14. The van der Waals surface area contributed by atoms with Crippen LogP contribution in [0.25, 0.3) is 5.57 Å². The number of benzene rings is 2. The zero-order valence-electron chi connectivity index (χ0n) is 11.2. The second-order valence-electron chi connectivity index (χ2n) is 4.63. The van der Waals surface area contributed by atoms with Crippen LogP contribution >= 0.6 is 23.2 Å². The second kappa shape index (κ2) is 7.49. The van der Waals surface area contributed by atoms with Crippen molar-refractivity contribution in [1.29, 1.82) is 0 Å². The monoisotopic (exact) mass is 305 g/mol. The Balaban J connectivity index is 1.78. The number of rotatable bonds is 6. The molecule has 0 aromatic heterocycles. The van der Waals surface area contributed by atoms with Gasteiger partial charge in [0, 0.05) is 16.6 Å². The summed E-state index contributed by atoms with van der Waals surface area (Å²) in [4.78, 5) is 0. The molecular formula is C17H17Cl2N. The van der Waals surface area contributed by atoms with E-state index in [2.05, 4.69) is 24.0 Å². The summed E-state index contributed by atoms with van der Waals surface area (Å²) < 4.78 is 0. The lowest BCUT2D eigenvalue weighted by Gasteiger charge is -2.09. The molecule has 0 aliphatic heterocycles. The molecule has 1 N–H and O–H groups in total. The number of hydrogen-bond acceptors (Lipinski definition) is 1. The average molecular weight is 306 g/mol. The first-order chi connectivity index (χ1) is 9.66. The molecule has 0 aliphatic carbocycles. The summed E-state index contributed by atoms with van der Waals surface area (Å²) in [5.41, 5.74) is 3.37. The molecule has 0 saturated carbocycles. The molecule has 2 aromatic carbocycles. The highest BCUT2D eigenvalue weighted by Crippen LogP contribution is 2.21. The highest BCUT2D eigenvalue weighted by molar-refractivity contribution is 6.35. The maximum atomic E-state index is 6.14. The van der Waals surface area contributed by atoms with Crippen LogP contribution in [0.3, 0.4) is 0 Å². The summed E-state index contributed by atoms with van der Waals surface area (Å²) in [6.45, 7) is 5.72. The Morgan fingerprint density at radius 2 is 1.80 bits per heavy atom. The van der Waals surface area contributed by atoms with Crippen LogP contribution in [0.15, 0.2) is 55.1 Å². The van der Waals surface area contributed by atoms with Gasteiger partial charge in [0.25, 0.3) is 0 Å². The van der Waals surface area contributed by atoms with Crippen molar-refractivity contribution in [2.75, 3.05) is 13.1 Å². The minimum absolute atomic E-state index is 0.671. The standard InChI is InChI=1S/C17H17Cl2N/c1-13(14-5-3-2-4-6-14)12-20-10-9-15-7-8-16(18)11-17(15)19/h2-8,11,20H,1,9-10,12H2. The first-order valence-corrected chi connectivity index (χ1v) is 7.30. The fraction of sp³-hybridized carbons (Fsp3) is 0.176. The molecule has 104 valence electrons. The Labute approximate surface area is 130 Å². The molecule has 0 radical (unpaired) electrons. The molecule has 2 rings (SSSR count). The number of hydrogen-bond donors (Lipinski definition) is 1. The van der Waals surface area contributed by atoms with Gasteiger partial charge >= 0.3 is 0 Å². The predicted octanol–water partition coefficient (Wildman–Crippen LogP) is 4.84. The Bertz CT molecular complexity index is 579. The third kappa shape index (κ3) is 4.38. The van der Waals surface area contributed by atoms with Crippen molar-refractivity contribution in [2.24, 2.45) is 0 Å². The van der Waals surface area contributed by atoms with Crippen LogP contribution in [0.4, 0.5) is 0 Å². The van der Waals surface area contributed by atoms with Crippen LogP contribution in [0, 0.1) is 0 Å². The summed E-state index contributed by atoms with van der Waals surface area (Å²) in [5, 5.41) is 4.78. The van der Waals surface area contributed by atoms with Gasteiger partial charge in [-0.15, -0.1) is 0 Å². The molecule has 0 amide bonds. The Kier molecular flexibility index (Phi) is 5.66. The van der Waals surface area contributed by atoms with Crippen LogP contribution in [0.1, 0.15) is 11.1 Å². The predicted molar refractivity (Wildman–Crippen MR) is 88.5 cm³/mol. The molecule has 0 heterocycles. The zero-order valence-corrected chi connectivity index (χ0v) is 12.7. The fourth-order valence-corrected chi connectivity index (χ4v) is 2.47. The molecule has 0 unspecified atom stereocenters. The van der Waals surface area contributed by atoms with Crippen molar-refractivity contribution in [3.63, 3.8) is 0 Å². The zero-order chi connectivity index (χ0) is 14.4. The first-order valence-electron chi connectivity index (χ1n) is 6.54. The minimum Gasteiger partial charge on any atom is -0.312 e. The van der Waals surface area contributed by atoms with Crippen LogP contribution < -0.4 is 5.32 Å². The molecule has 0 saturated heterocycles. The average Bonchev–Trinajstić information content (AvgIpc) is 2.46. The van der Waals surface area contributed by atoms with E-state index in [0.29, 0.717) is 5.02 Å². The van der Waals surface area contributed by atoms with Gasteiger partial charge in [0.2, 0.25) is 0 Å². The SMILES string of the molecule is C=C(CNCCc1ccc(Cl)cc1Cl)c1ccccc1. The van der Waals surface area contributed by atoms with E-state index in [9.17, 15) is 0 Å². The summed E-state index contributed by atoms with van der Waals surface area (Å²) >= 11 is 12.0. The summed E-state index contributed by atoms with van der Waals surface area (Å²) in [6.07, 6.45) is 0.873. The van der Waals surface area contributed by atoms with E-state index in [1.807, 2.05) is 30.3 Å². The van der Waals surface area contributed by atoms with Crippen molar-refractivity contribution in [2.45, 2.75) is 6.42 Å². The van der Waals surface area contributed by atoms with Crippen LogP contribution in [0.5, 0.6) is 0 Å². The molecule has 1 nitrogen and oxygen atoms in total. The molecule has 20 heavy (non-hydrogen) atoms. The largest absolute Gasteiger partial charge is 0.312 e. The third-order valence-corrected chi connectivity index (χ3v) is 3.69. The first kappa shape index (κ1) is 15.1. The molecule has 0 aliphatic rings. The lowest BCUT2D eigenvalue weighted by atomic mass is 10.1. The quantitative estimate of drug-likeness (QED) is 0.753. The van der Waals surface area contributed by atoms with Crippen LogP contribution in [-0.4, -0.2) is 13.1 Å². The van der Waals surface area contributed by atoms with Gasteiger partial charge in [-0.1, -0.05) is 66.2 Å². The van der Waals surface area contributed by atoms with Crippen molar-refractivity contribution in [1.82, 2.24) is 5.32 Å². The van der Waals surface area contributed by atoms with Crippen molar-refractivity contribution >= 4 is 28.8 Å². The molecule has 0 bridgehead atoms. The molecule has 0 atom stereocenters. The van der Waals surface area contributed by atoms with E-state index >= 15 is 0 Å². The van der Waals surface area contributed by atoms with Gasteiger partial charge in [0.1, 0.15) is 0 Å². The van der Waals surface area contributed by atoms with E-state index in [0.717, 1.165) is 35.7 Å². The smallest absolute Gasteiger partial charge is 0.0453 e. The van der Waals surface area contributed by atoms with E-state index in [-0.39, 0.29) is 0 Å². The van der Waals surface area contributed by atoms with Crippen molar-refractivity contribution < 1.29 is 0 Å². The third-order valence-electron chi connectivity index (χ3n) is 3.11. The van der Waals surface area contributed by atoms with Gasteiger partial charge in [0.15, 0.2) is 0 Å². The van der Waals surface area contributed by atoms with Gasteiger partial charge in [-0.25, -0.2) is 0 Å². The molecular weight excluding hydrogens is 289 g/mol. The van der Waals surface area contributed by atoms with E-state index in [1.54, 1.807) is 6.07 Å². The maximum Gasteiger partial charge on any atom is 0.0453 e. The van der Waals surface area contributed by atoms with Crippen LogP contribution in [-0.2, 0) is 6.42 Å². The normalized spacial score (nSPS) is 10.5. The number of nitrogens with one attached hydrogen (secondary N) is 1. The topological polar surface area (TPSA) is 12.0 Å². The molecule has 0 spiro atoms. The Morgan fingerprint density at radius 1 is 1.05 bits per heavy atom. The van der Waals surface area contributed by atoms with Gasteiger partial charge in [-0.05, 0) is 41.8 Å². The van der Waals surface area contributed by atoms with E-state index < -0.39 is 0 Å². The summed E-state index contributed by atoms with van der Waals surface area (Å²) in [5.74, 6) is 0. The van der Waals surface area contributed by atoms with Gasteiger partial charge in [0.05, 0.1) is 0 Å². The van der Waals surface area contributed by atoms with Crippen molar-refractivity contribution in [3.05, 3.63) is 76.3 Å². The van der Waals surface area contributed by atoms with Gasteiger partial charge in [-0.2, -0.15) is 0 Å². The lowest BCUT2D eigenvalue weighted by molar-refractivity contribution is 0.751. The molecule has 0 fully saturated rings. The molecule has 2 aromatic rings. The van der Waals surface area contributed by atoms with Crippen LogP contribution in [0.2, 0.25) is 10.0 Å². The van der Waals surface area contributed by atoms with Crippen molar-refractivity contribution in [3.8, 4) is 0 Å². The number of halogens is 2. The second-order valence-corrected chi connectivity index (χ2v) is 5.48. The Hall–Kier alpha value is -1.28. The highest BCUT2D eigenvalue weighted by Gasteiger charge is 2.02. The molecule has 3 heteroatoms.